The maximum absolute atomic E-state index is 12.7. The second-order valence-electron chi connectivity index (χ2n) is 5.36. The number of nitrogens with two attached hydrogens (primary N) is 1. The van der Waals surface area contributed by atoms with Crippen molar-refractivity contribution in [1.29, 1.82) is 0 Å². The van der Waals surface area contributed by atoms with Crippen LogP contribution in [0.1, 0.15) is 20.8 Å². The summed E-state index contributed by atoms with van der Waals surface area (Å²) < 4.78 is 38.2. The van der Waals surface area contributed by atoms with Gasteiger partial charge in [-0.3, -0.25) is 9.78 Å². The summed E-state index contributed by atoms with van der Waals surface area (Å²) in [6, 6.07) is 8.30. The van der Waals surface area contributed by atoms with Gasteiger partial charge in [-0.1, -0.05) is 12.1 Å². The van der Waals surface area contributed by atoms with Crippen LogP contribution >= 0.6 is 11.3 Å². The summed E-state index contributed by atoms with van der Waals surface area (Å²) in [6.07, 6.45) is -1.22. The van der Waals surface area contributed by atoms with Crippen molar-refractivity contribution in [2.24, 2.45) is 0 Å². The minimum atomic E-state index is -4.43. The highest BCUT2D eigenvalue weighted by Crippen LogP contribution is 2.30. The number of thiazole rings is 1. The van der Waals surface area contributed by atoms with Gasteiger partial charge in [0.15, 0.2) is 0 Å². The first-order valence-corrected chi connectivity index (χ1v) is 8.27. The topological polar surface area (TPSA) is 80.9 Å². The van der Waals surface area contributed by atoms with Gasteiger partial charge in [0.25, 0.3) is 5.91 Å². The number of nitrogens with one attached hydrogen (secondary N) is 1. The number of benzene rings is 1. The summed E-state index contributed by atoms with van der Waals surface area (Å²) in [5.41, 5.74) is 6.10. The van der Waals surface area contributed by atoms with Gasteiger partial charge in [0.05, 0.1) is 5.56 Å². The van der Waals surface area contributed by atoms with E-state index in [9.17, 15) is 18.0 Å². The Labute approximate surface area is 150 Å². The van der Waals surface area contributed by atoms with E-state index in [0.717, 1.165) is 29.0 Å². The Bertz CT molecular complexity index is 925. The molecule has 0 radical (unpaired) electrons. The molecule has 0 aliphatic heterocycles. The standard InChI is InChI=1S/C17H13F3N4OS/c18-17(19,20)12-5-1-3-10(7-12)8-23-15(25)13-14(21)24-16(26-13)11-4-2-6-22-9-11/h1-7,9H,8,21H2,(H,23,25). The molecule has 1 aromatic carbocycles. The molecular weight excluding hydrogens is 365 g/mol. The maximum Gasteiger partial charge on any atom is 0.416 e. The van der Waals surface area contributed by atoms with Gasteiger partial charge < -0.3 is 11.1 Å². The van der Waals surface area contributed by atoms with E-state index in [1.165, 1.54) is 12.1 Å². The third kappa shape index (κ3) is 3.99. The number of alkyl halides is 3. The minimum absolute atomic E-state index is 0.0533. The van der Waals surface area contributed by atoms with Crippen LogP contribution in [0.15, 0.2) is 48.8 Å². The molecule has 0 aliphatic rings. The number of nitrogen functional groups attached to an aromatic ring is 1. The normalized spacial score (nSPS) is 11.3. The Hall–Kier alpha value is -2.94. The fourth-order valence-electron chi connectivity index (χ4n) is 2.23. The van der Waals surface area contributed by atoms with Gasteiger partial charge in [-0.15, -0.1) is 11.3 Å². The predicted octanol–water partition coefficient (Wildman–Crippen LogP) is 3.74. The molecule has 3 N–H and O–H groups in total. The van der Waals surface area contributed by atoms with E-state index in [1.807, 2.05) is 0 Å². The van der Waals surface area contributed by atoms with Crippen molar-refractivity contribution >= 4 is 23.1 Å². The molecule has 0 saturated heterocycles. The molecule has 5 nitrogen and oxygen atoms in total. The summed E-state index contributed by atoms with van der Waals surface area (Å²) in [5, 5.41) is 3.11. The van der Waals surface area contributed by atoms with Crippen molar-refractivity contribution in [3.63, 3.8) is 0 Å². The van der Waals surface area contributed by atoms with Crippen LogP contribution in [0, 0.1) is 0 Å². The molecule has 26 heavy (non-hydrogen) atoms. The Morgan fingerprint density at radius 1 is 1.23 bits per heavy atom. The third-order valence-electron chi connectivity index (χ3n) is 3.48. The number of rotatable bonds is 4. The predicted molar refractivity (Wildman–Crippen MR) is 92.4 cm³/mol. The molecule has 3 rings (SSSR count). The van der Waals surface area contributed by atoms with Crippen LogP contribution in [0.5, 0.6) is 0 Å². The molecule has 2 aromatic heterocycles. The second kappa shape index (κ2) is 7.12. The number of nitrogens with zero attached hydrogens (tertiary/aromatic N) is 2. The van der Waals surface area contributed by atoms with Gasteiger partial charge in [0.2, 0.25) is 0 Å². The molecule has 2 heterocycles. The van der Waals surface area contributed by atoms with E-state index in [0.29, 0.717) is 10.6 Å². The van der Waals surface area contributed by atoms with Crippen molar-refractivity contribution in [2.45, 2.75) is 12.7 Å². The molecule has 0 fully saturated rings. The van der Waals surface area contributed by atoms with E-state index < -0.39 is 17.6 Å². The first kappa shape index (κ1) is 17.9. The summed E-state index contributed by atoms with van der Waals surface area (Å²) in [6.45, 7) is -0.0533. The summed E-state index contributed by atoms with van der Waals surface area (Å²) >= 11 is 1.10. The van der Waals surface area contributed by atoms with Gasteiger partial charge >= 0.3 is 6.18 Å². The summed E-state index contributed by atoms with van der Waals surface area (Å²) in [7, 11) is 0. The number of anilines is 1. The van der Waals surface area contributed by atoms with E-state index in [-0.39, 0.29) is 17.2 Å². The van der Waals surface area contributed by atoms with E-state index in [1.54, 1.807) is 24.5 Å². The molecule has 3 aromatic rings. The summed E-state index contributed by atoms with van der Waals surface area (Å²) in [4.78, 5) is 20.6. The van der Waals surface area contributed by atoms with Gasteiger partial charge in [-0.25, -0.2) is 4.98 Å². The molecule has 9 heteroatoms. The number of carbonyl (C=O) groups excluding carboxylic acids is 1. The molecule has 1 amide bonds. The largest absolute Gasteiger partial charge is 0.416 e. The fraction of sp³-hybridized carbons (Fsp3) is 0.118. The monoisotopic (exact) mass is 378 g/mol. The highest BCUT2D eigenvalue weighted by atomic mass is 32.1. The first-order valence-electron chi connectivity index (χ1n) is 7.45. The van der Waals surface area contributed by atoms with Gasteiger partial charge in [0.1, 0.15) is 15.7 Å². The van der Waals surface area contributed by atoms with Crippen molar-refractivity contribution < 1.29 is 18.0 Å². The Kier molecular flexibility index (Phi) is 4.90. The number of halogens is 3. The number of carbonyl (C=O) groups is 1. The number of pyridine rings is 1. The SMILES string of the molecule is Nc1nc(-c2cccnc2)sc1C(=O)NCc1cccc(C(F)(F)F)c1. The van der Waals surface area contributed by atoms with Crippen LogP contribution in [0.2, 0.25) is 0 Å². The van der Waals surface area contributed by atoms with Crippen LogP contribution in [-0.4, -0.2) is 15.9 Å². The van der Waals surface area contributed by atoms with Gasteiger partial charge in [-0.2, -0.15) is 13.2 Å². The highest BCUT2D eigenvalue weighted by Gasteiger charge is 2.30. The zero-order valence-electron chi connectivity index (χ0n) is 13.2. The number of hydrogen-bond donors (Lipinski definition) is 2. The highest BCUT2D eigenvalue weighted by molar-refractivity contribution is 7.17. The lowest BCUT2D eigenvalue weighted by molar-refractivity contribution is -0.137. The van der Waals surface area contributed by atoms with Crippen LogP contribution in [0.25, 0.3) is 10.6 Å². The number of aromatic nitrogens is 2. The van der Waals surface area contributed by atoms with Crippen molar-refractivity contribution in [3.8, 4) is 10.6 Å². The lowest BCUT2D eigenvalue weighted by Gasteiger charge is -2.09. The average molecular weight is 378 g/mol. The Morgan fingerprint density at radius 3 is 2.73 bits per heavy atom. The zero-order chi connectivity index (χ0) is 18.7. The molecule has 0 spiro atoms. The van der Waals surface area contributed by atoms with Gasteiger partial charge in [0, 0.05) is 24.5 Å². The van der Waals surface area contributed by atoms with Crippen molar-refractivity contribution in [2.75, 3.05) is 5.73 Å². The lowest BCUT2D eigenvalue weighted by atomic mass is 10.1. The van der Waals surface area contributed by atoms with Gasteiger partial charge in [-0.05, 0) is 29.8 Å². The van der Waals surface area contributed by atoms with Crippen LogP contribution in [-0.2, 0) is 12.7 Å². The minimum Gasteiger partial charge on any atom is -0.382 e. The Morgan fingerprint density at radius 2 is 2.04 bits per heavy atom. The fourth-order valence-corrected chi connectivity index (χ4v) is 3.12. The summed E-state index contributed by atoms with van der Waals surface area (Å²) in [5.74, 6) is -0.428. The van der Waals surface area contributed by atoms with Crippen LogP contribution < -0.4 is 11.1 Å². The molecule has 0 aliphatic carbocycles. The van der Waals surface area contributed by atoms with E-state index >= 15 is 0 Å². The van der Waals surface area contributed by atoms with Crippen molar-refractivity contribution in [1.82, 2.24) is 15.3 Å². The third-order valence-corrected chi connectivity index (χ3v) is 4.59. The molecule has 0 bridgehead atoms. The molecule has 134 valence electrons. The van der Waals surface area contributed by atoms with Crippen LogP contribution in [0.4, 0.5) is 19.0 Å². The van der Waals surface area contributed by atoms with Crippen molar-refractivity contribution in [3.05, 3.63) is 64.8 Å². The molecule has 0 unspecified atom stereocenters. The molecule has 0 saturated carbocycles. The zero-order valence-corrected chi connectivity index (χ0v) is 14.1. The average Bonchev–Trinajstić information content (AvgIpc) is 3.02. The van der Waals surface area contributed by atoms with E-state index in [4.69, 9.17) is 5.73 Å². The number of amides is 1. The maximum atomic E-state index is 12.7. The Balaban J connectivity index is 1.72. The van der Waals surface area contributed by atoms with Crippen LogP contribution in [0.3, 0.4) is 0 Å². The quantitative estimate of drug-likeness (QED) is 0.725. The second-order valence-corrected chi connectivity index (χ2v) is 6.35. The lowest BCUT2D eigenvalue weighted by Crippen LogP contribution is -2.23. The number of hydrogen-bond acceptors (Lipinski definition) is 5. The van der Waals surface area contributed by atoms with E-state index in [2.05, 4.69) is 15.3 Å². The molecular formula is C17H13F3N4OS. The smallest absolute Gasteiger partial charge is 0.382 e. The first-order chi connectivity index (χ1) is 12.3. The molecule has 0 atom stereocenters.